The molecule has 18 heavy (non-hydrogen) atoms. The van der Waals surface area contributed by atoms with Gasteiger partial charge in [-0.05, 0) is 53.0 Å². The lowest BCUT2D eigenvalue weighted by molar-refractivity contribution is 0.480. The third-order valence-electron chi connectivity index (χ3n) is 3.37. The highest BCUT2D eigenvalue weighted by Gasteiger charge is 2.22. The molecule has 2 rings (SSSR count). The second-order valence-electron chi connectivity index (χ2n) is 5.26. The summed E-state index contributed by atoms with van der Waals surface area (Å²) < 4.78 is 0.977. The standard InChI is InChI=1S/C14H20BrClN2/c1-10(2)17-8-11-5-6-18(9-11)12-3-4-14(16)13(15)7-12/h3-4,7,10-11,17H,5-6,8-9H2,1-2H3. The van der Waals surface area contributed by atoms with Crippen LogP contribution in [0.25, 0.3) is 0 Å². The molecule has 1 aliphatic heterocycles. The van der Waals surface area contributed by atoms with E-state index in [0.717, 1.165) is 35.0 Å². The van der Waals surface area contributed by atoms with E-state index in [1.165, 1.54) is 12.1 Å². The van der Waals surface area contributed by atoms with E-state index in [1.54, 1.807) is 0 Å². The Bertz CT molecular complexity index is 409. The van der Waals surface area contributed by atoms with Gasteiger partial charge in [-0.15, -0.1) is 0 Å². The van der Waals surface area contributed by atoms with Gasteiger partial charge in [0.15, 0.2) is 0 Å². The fourth-order valence-corrected chi connectivity index (χ4v) is 2.80. The molecule has 0 radical (unpaired) electrons. The predicted octanol–water partition coefficient (Wildman–Crippen LogP) is 3.93. The van der Waals surface area contributed by atoms with Crippen LogP contribution in [0.1, 0.15) is 20.3 Å². The average molecular weight is 332 g/mol. The molecule has 0 saturated carbocycles. The first-order chi connectivity index (χ1) is 8.56. The van der Waals surface area contributed by atoms with Crippen LogP contribution in [0, 0.1) is 5.92 Å². The molecule has 0 aromatic heterocycles. The van der Waals surface area contributed by atoms with Crippen molar-refractivity contribution in [3.05, 3.63) is 27.7 Å². The SMILES string of the molecule is CC(C)NCC1CCN(c2ccc(Cl)c(Br)c2)C1. The summed E-state index contributed by atoms with van der Waals surface area (Å²) in [5.74, 6) is 0.752. The number of benzene rings is 1. The quantitative estimate of drug-likeness (QED) is 0.899. The van der Waals surface area contributed by atoms with Crippen molar-refractivity contribution < 1.29 is 0 Å². The maximum absolute atomic E-state index is 6.03. The number of nitrogens with zero attached hydrogens (tertiary/aromatic N) is 1. The van der Waals surface area contributed by atoms with Crippen molar-refractivity contribution in [2.75, 3.05) is 24.5 Å². The topological polar surface area (TPSA) is 15.3 Å². The minimum atomic E-state index is 0.573. The number of halogens is 2. The minimum absolute atomic E-state index is 0.573. The van der Waals surface area contributed by atoms with Crippen molar-refractivity contribution in [3.63, 3.8) is 0 Å². The first-order valence-corrected chi connectivity index (χ1v) is 7.66. The van der Waals surface area contributed by atoms with Gasteiger partial charge in [-0.25, -0.2) is 0 Å². The van der Waals surface area contributed by atoms with Crippen molar-refractivity contribution in [3.8, 4) is 0 Å². The molecule has 1 aromatic rings. The molecule has 1 heterocycles. The summed E-state index contributed by atoms with van der Waals surface area (Å²) in [5.41, 5.74) is 1.26. The van der Waals surface area contributed by atoms with Gasteiger partial charge in [0.1, 0.15) is 0 Å². The van der Waals surface area contributed by atoms with Crippen LogP contribution in [0.2, 0.25) is 5.02 Å². The maximum Gasteiger partial charge on any atom is 0.0549 e. The van der Waals surface area contributed by atoms with Gasteiger partial charge >= 0.3 is 0 Å². The molecule has 0 spiro atoms. The van der Waals surface area contributed by atoms with Gasteiger partial charge < -0.3 is 10.2 Å². The lowest BCUT2D eigenvalue weighted by Crippen LogP contribution is -2.30. The average Bonchev–Trinajstić information content (AvgIpc) is 2.79. The molecule has 2 nitrogen and oxygen atoms in total. The summed E-state index contributed by atoms with van der Waals surface area (Å²) >= 11 is 9.51. The summed E-state index contributed by atoms with van der Waals surface area (Å²) in [6, 6.07) is 6.75. The molecule has 1 aliphatic rings. The molecule has 1 unspecified atom stereocenters. The Morgan fingerprint density at radius 2 is 2.28 bits per heavy atom. The zero-order valence-electron chi connectivity index (χ0n) is 10.9. The van der Waals surface area contributed by atoms with Gasteiger partial charge in [-0.1, -0.05) is 25.4 Å². The van der Waals surface area contributed by atoms with Crippen molar-refractivity contribution in [2.45, 2.75) is 26.3 Å². The molecule has 1 fully saturated rings. The molecule has 1 aromatic carbocycles. The van der Waals surface area contributed by atoms with Gasteiger partial charge in [0.05, 0.1) is 5.02 Å². The van der Waals surface area contributed by atoms with Crippen LogP contribution in [0.15, 0.2) is 22.7 Å². The van der Waals surface area contributed by atoms with E-state index in [2.05, 4.69) is 52.1 Å². The number of hydrogen-bond donors (Lipinski definition) is 1. The Labute approximate surface area is 123 Å². The van der Waals surface area contributed by atoms with Crippen LogP contribution < -0.4 is 10.2 Å². The predicted molar refractivity (Wildman–Crippen MR) is 82.6 cm³/mol. The lowest BCUT2D eigenvalue weighted by atomic mass is 10.1. The van der Waals surface area contributed by atoms with Gasteiger partial charge in [0, 0.05) is 29.3 Å². The zero-order chi connectivity index (χ0) is 13.1. The Morgan fingerprint density at radius 3 is 2.94 bits per heavy atom. The van der Waals surface area contributed by atoms with E-state index in [9.17, 15) is 0 Å². The van der Waals surface area contributed by atoms with Gasteiger partial charge in [0.25, 0.3) is 0 Å². The van der Waals surface area contributed by atoms with E-state index in [0.29, 0.717) is 6.04 Å². The second-order valence-corrected chi connectivity index (χ2v) is 6.52. The molecular weight excluding hydrogens is 312 g/mol. The lowest BCUT2D eigenvalue weighted by Gasteiger charge is -2.20. The van der Waals surface area contributed by atoms with Gasteiger partial charge in [0.2, 0.25) is 0 Å². The van der Waals surface area contributed by atoms with Crippen molar-refractivity contribution >= 4 is 33.2 Å². The monoisotopic (exact) mass is 330 g/mol. The molecular formula is C14H20BrClN2. The van der Waals surface area contributed by atoms with Crippen LogP contribution in [0.4, 0.5) is 5.69 Å². The highest BCUT2D eigenvalue weighted by molar-refractivity contribution is 9.10. The summed E-state index contributed by atoms with van der Waals surface area (Å²) in [7, 11) is 0. The van der Waals surface area contributed by atoms with Crippen molar-refractivity contribution in [2.24, 2.45) is 5.92 Å². The summed E-state index contributed by atoms with van der Waals surface area (Å²) in [5, 5.41) is 4.30. The Kier molecular flexibility index (Phi) is 4.93. The molecule has 1 N–H and O–H groups in total. The van der Waals surface area contributed by atoms with E-state index < -0.39 is 0 Å². The van der Waals surface area contributed by atoms with Crippen LogP contribution in [0.5, 0.6) is 0 Å². The number of hydrogen-bond acceptors (Lipinski definition) is 2. The third kappa shape index (κ3) is 3.62. The van der Waals surface area contributed by atoms with E-state index in [1.807, 2.05) is 6.07 Å². The first-order valence-electron chi connectivity index (χ1n) is 6.49. The summed E-state index contributed by atoms with van der Waals surface area (Å²) in [6.45, 7) is 7.78. The van der Waals surface area contributed by atoms with Crippen LogP contribution in [-0.4, -0.2) is 25.7 Å². The van der Waals surface area contributed by atoms with E-state index >= 15 is 0 Å². The van der Waals surface area contributed by atoms with E-state index in [4.69, 9.17) is 11.6 Å². The van der Waals surface area contributed by atoms with Crippen molar-refractivity contribution in [1.29, 1.82) is 0 Å². The highest BCUT2D eigenvalue weighted by atomic mass is 79.9. The van der Waals surface area contributed by atoms with Crippen LogP contribution in [0.3, 0.4) is 0 Å². The summed E-state index contributed by atoms with van der Waals surface area (Å²) in [6.07, 6.45) is 1.26. The fraction of sp³-hybridized carbons (Fsp3) is 0.571. The molecule has 1 saturated heterocycles. The highest BCUT2D eigenvalue weighted by Crippen LogP contribution is 2.30. The van der Waals surface area contributed by atoms with E-state index in [-0.39, 0.29) is 0 Å². The van der Waals surface area contributed by atoms with Crippen LogP contribution in [-0.2, 0) is 0 Å². The summed E-state index contributed by atoms with van der Waals surface area (Å²) in [4.78, 5) is 2.44. The second kappa shape index (κ2) is 6.27. The van der Waals surface area contributed by atoms with Crippen LogP contribution >= 0.6 is 27.5 Å². The molecule has 0 bridgehead atoms. The third-order valence-corrected chi connectivity index (χ3v) is 4.58. The molecule has 4 heteroatoms. The number of anilines is 1. The Balaban J connectivity index is 1.93. The Hall–Kier alpha value is -0.250. The molecule has 0 amide bonds. The van der Waals surface area contributed by atoms with Gasteiger partial charge in [-0.2, -0.15) is 0 Å². The molecule has 1 atom stereocenters. The maximum atomic E-state index is 6.03. The number of nitrogens with one attached hydrogen (secondary N) is 1. The largest absolute Gasteiger partial charge is 0.371 e. The normalized spacial score (nSPS) is 19.8. The zero-order valence-corrected chi connectivity index (χ0v) is 13.3. The Morgan fingerprint density at radius 1 is 1.50 bits per heavy atom. The number of rotatable bonds is 4. The minimum Gasteiger partial charge on any atom is -0.371 e. The smallest absolute Gasteiger partial charge is 0.0549 e. The first kappa shape index (κ1) is 14.2. The molecule has 100 valence electrons. The molecule has 0 aliphatic carbocycles. The fourth-order valence-electron chi connectivity index (χ4n) is 2.32. The van der Waals surface area contributed by atoms with Gasteiger partial charge in [-0.3, -0.25) is 0 Å². The van der Waals surface area contributed by atoms with Crippen molar-refractivity contribution in [1.82, 2.24) is 5.32 Å².